The first kappa shape index (κ1) is 13.7. The molecule has 0 bridgehead atoms. The van der Waals surface area contributed by atoms with Crippen LogP contribution in [0, 0.1) is 5.92 Å². The molecule has 2 rings (SSSR count). The normalized spacial score (nSPS) is 22.8. The lowest BCUT2D eigenvalue weighted by molar-refractivity contribution is -0.126. The van der Waals surface area contributed by atoms with E-state index in [1.54, 1.807) is 12.1 Å². The highest BCUT2D eigenvalue weighted by molar-refractivity contribution is 5.99. The molecule has 0 unspecified atom stereocenters. The van der Waals surface area contributed by atoms with Crippen molar-refractivity contribution in [2.45, 2.75) is 31.7 Å². The maximum atomic E-state index is 12.0. The number of benzene rings is 1. The molecule has 1 amide bonds. The number of nitrogens with two attached hydrogens (primary N) is 1. The second kappa shape index (κ2) is 6.48. The van der Waals surface area contributed by atoms with Crippen LogP contribution in [0.1, 0.15) is 36.0 Å². The summed E-state index contributed by atoms with van der Waals surface area (Å²) < 4.78 is 0. The van der Waals surface area contributed by atoms with E-state index >= 15 is 0 Å². The molecular formula is C15H20N2O2. The molecule has 2 atom stereocenters. The minimum absolute atomic E-state index is 0.0477. The van der Waals surface area contributed by atoms with Crippen LogP contribution in [0.2, 0.25) is 0 Å². The van der Waals surface area contributed by atoms with Gasteiger partial charge in [-0.25, -0.2) is 0 Å². The van der Waals surface area contributed by atoms with Crippen molar-refractivity contribution in [3.05, 3.63) is 35.9 Å². The van der Waals surface area contributed by atoms with E-state index < -0.39 is 0 Å². The zero-order valence-corrected chi connectivity index (χ0v) is 11.0. The second-order valence-corrected chi connectivity index (χ2v) is 5.06. The summed E-state index contributed by atoms with van der Waals surface area (Å²) in [4.78, 5) is 23.9. The predicted octanol–water partition coefficient (Wildman–Crippen LogP) is 1.50. The summed E-state index contributed by atoms with van der Waals surface area (Å²) in [6.07, 6.45) is 3.85. The van der Waals surface area contributed by atoms with Gasteiger partial charge in [0.1, 0.15) is 0 Å². The molecule has 0 spiro atoms. The van der Waals surface area contributed by atoms with Crippen molar-refractivity contribution >= 4 is 11.7 Å². The Bertz CT molecular complexity index is 445. The number of Topliss-reactive ketones (excluding diaryl/α,β-unsaturated/α-hetero) is 1. The molecule has 1 aromatic rings. The third kappa shape index (κ3) is 3.64. The molecule has 19 heavy (non-hydrogen) atoms. The van der Waals surface area contributed by atoms with Crippen LogP contribution >= 0.6 is 0 Å². The van der Waals surface area contributed by atoms with Gasteiger partial charge in [-0.05, 0) is 12.8 Å². The smallest absolute Gasteiger partial charge is 0.225 e. The number of amides is 1. The molecule has 3 N–H and O–H groups in total. The summed E-state index contributed by atoms with van der Waals surface area (Å²) in [7, 11) is 0. The van der Waals surface area contributed by atoms with E-state index in [2.05, 4.69) is 5.32 Å². The topological polar surface area (TPSA) is 72.2 Å². The number of hydrogen-bond donors (Lipinski definition) is 2. The molecule has 0 aliphatic heterocycles. The van der Waals surface area contributed by atoms with Crippen LogP contribution in [0.15, 0.2) is 30.3 Å². The lowest BCUT2D eigenvalue weighted by Gasteiger charge is -2.27. The second-order valence-electron chi connectivity index (χ2n) is 5.06. The van der Waals surface area contributed by atoms with E-state index in [1.807, 2.05) is 18.2 Å². The van der Waals surface area contributed by atoms with Gasteiger partial charge in [-0.15, -0.1) is 0 Å². The molecular weight excluding hydrogens is 240 g/mol. The number of ketones is 1. The third-order valence-corrected chi connectivity index (χ3v) is 3.68. The Labute approximate surface area is 113 Å². The van der Waals surface area contributed by atoms with Gasteiger partial charge in [0.2, 0.25) is 5.91 Å². The first-order valence-electron chi connectivity index (χ1n) is 6.80. The maximum Gasteiger partial charge on any atom is 0.225 e. The van der Waals surface area contributed by atoms with Crippen molar-refractivity contribution in [1.29, 1.82) is 0 Å². The average molecular weight is 260 g/mol. The predicted molar refractivity (Wildman–Crippen MR) is 73.7 cm³/mol. The summed E-state index contributed by atoms with van der Waals surface area (Å²) >= 11 is 0. The van der Waals surface area contributed by atoms with E-state index in [0.717, 1.165) is 25.7 Å². The highest BCUT2D eigenvalue weighted by Gasteiger charge is 2.28. The zero-order chi connectivity index (χ0) is 13.7. The number of nitrogens with one attached hydrogen (secondary N) is 1. The van der Waals surface area contributed by atoms with Crippen molar-refractivity contribution < 1.29 is 9.59 Å². The van der Waals surface area contributed by atoms with Crippen LogP contribution in [0.5, 0.6) is 0 Å². The summed E-state index contributed by atoms with van der Waals surface area (Å²) in [5.74, 6) is -0.299. The first-order valence-corrected chi connectivity index (χ1v) is 6.80. The largest absolute Gasteiger partial charge is 0.348 e. The lowest BCUT2D eigenvalue weighted by Crippen LogP contribution is -2.44. The molecule has 0 aromatic heterocycles. The monoisotopic (exact) mass is 260 g/mol. The van der Waals surface area contributed by atoms with Crippen molar-refractivity contribution in [2.24, 2.45) is 11.7 Å². The zero-order valence-electron chi connectivity index (χ0n) is 11.0. The molecule has 0 heterocycles. The van der Waals surface area contributed by atoms with E-state index in [0.29, 0.717) is 5.56 Å². The lowest BCUT2D eigenvalue weighted by atomic mass is 9.84. The number of rotatable bonds is 4. The molecule has 0 saturated heterocycles. The Morgan fingerprint density at radius 3 is 2.53 bits per heavy atom. The summed E-state index contributed by atoms with van der Waals surface area (Å²) in [5, 5.41) is 2.71. The molecule has 1 fully saturated rings. The van der Waals surface area contributed by atoms with Gasteiger partial charge < -0.3 is 11.1 Å². The van der Waals surface area contributed by atoms with Gasteiger partial charge >= 0.3 is 0 Å². The van der Waals surface area contributed by atoms with Crippen molar-refractivity contribution in [3.8, 4) is 0 Å². The quantitative estimate of drug-likeness (QED) is 0.806. The van der Waals surface area contributed by atoms with Gasteiger partial charge in [0.15, 0.2) is 5.78 Å². The SMILES string of the molecule is N[C@H]1CCCC[C@H]1C(=O)NCC(=O)c1ccccc1. The fourth-order valence-corrected chi connectivity index (χ4v) is 2.51. The Morgan fingerprint density at radius 1 is 1.16 bits per heavy atom. The highest BCUT2D eigenvalue weighted by Crippen LogP contribution is 2.22. The third-order valence-electron chi connectivity index (χ3n) is 3.68. The van der Waals surface area contributed by atoms with Crippen molar-refractivity contribution in [1.82, 2.24) is 5.32 Å². The number of carbonyl (C=O) groups excluding carboxylic acids is 2. The van der Waals surface area contributed by atoms with Gasteiger partial charge in [0, 0.05) is 11.6 Å². The van der Waals surface area contributed by atoms with Crippen LogP contribution in [0.25, 0.3) is 0 Å². The Kier molecular flexibility index (Phi) is 4.68. The van der Waals surface area contributed by atoms with Crippen molar-refractivity contribution in [3.63, 3.8) is 0 Å². The average Bonchev–Trinajstić information content (AvgIpc) is 2.46. The van der Waals surface area contributed by atoms with Gasteiger partial charge in [-0.2, -0.15) is 0 Å². The maximum absolute atomic E-state index is 12.0. The standard InChI is InChI=1S/C15H20N2O2/c16-13-9-5-4-8-12(13)15(19)17-10-14(18)11-6-2-1-3-7-11/h1-3,6-7,12-13H,4-5,8-10,16H2,(H,17,19)/t12-,13+/m1/s1. The number of carbonyl (C=O) groups is 2. The molecule has 1 aliphatic carbocycles. The summed E-state index contributed by atoms with van der Waals surface area (Å²) in [6, 6.07) is 8.91. The molecule has 0 radical (unpaired) electrons. The molecule has 1 aromatic carbocycles. The fourth-order valence-electron chi connectivity index (χ4n) is 2.51. The summed E-state index contributed by atoms with van der Waals surface area (Å²) in [5.41, 5.74) is 6.57. The van der Waals surface area contributed by atoms with E-state index in [-0.39, 0.29) is 30.2 Å². The molecule has 1 aliphatic rings. The van der Waals surface area contributed by atoms with Crippen molar-refractivity contribution in [2.75, 3.05) is 6.54 Å². The molecule has 1 saturated carbocycles. The Hall–Kier alpha value is -1.68. The molecule has 4 heteroatoms. The van der Waals surface area contributed by atoms with Crippen LogP contribution in [-0.2, 0) is 4.79 Å². The van der Waals surface area contributed by atoms with Gasteiger partial charge in [-0.1, -0.05) is 43.2 Å². The molecule has 102 valence electrons. The van der Waals surface area contributed by atoms with Crippen LogP contribution in [0.4, 0.5) is 0 Å². The van der Waals surface area contributed by atoms with Crippen LogP contribution in [-0.4, -0.2) is 24.3 Å². The van der Waals surface area contributed by atoms with Gasteiger partial charge in [0.25, 0.3) is 0 Å². The highest BCUT2D eigenvalue weighted by atomic mass is 16.2. The van der Waals surface area contributed by atoms with Gasteiger partial charge in [0.05, 0.1) is 12.5 Å². The van der Waals surface area contributed by atoms with E-state index in [4.69, 9.17) is 5.73 Å². The Morgan fingerprint density at radius 2 is 1.84 bits per heavy atom. The van der Waals surface area contributed by atoms with E-state index in [9.17, 15) is 9.59 Å². The summed E-state index contributed by atoms with van der Waals surface area (Å²) in [6.45, 7) is 0.0477. The number of hydrogen-bond acceptors (Lipinski definition) is 3. The van der Waals surface area contributed by atoms with E-state index in [1.165, 1.54) is 0 Å². The van der Waals surface area contributed by atoms with Crippen LogP contribution < -0.4 is 11.1 Å². The molecule has 4 nitrogen and oxygen atoms in total. The minimum Gasteiger partial charge on any atom is -0.348 e. The fraction of sp³-hybridized carbons (Fsp3) is 0.467. The Balaban J connectivity index is 1.85. The first-order chi connectivity index (χ1) is 9.18. The van der Waals surface area contributed by atoms with Gasteiger partial charge in [-0.3, -0.25) is 9.59 Å². The van der Waals surface area contributed by atoms with Crippen LogP contribution in [0.3, 0.4) is 0 Å². The minimum atomic E-state index is -0.141.